The SMILES string of the molecule is CCc1nc(C(C)NC(=O)N[C@H]2c3ccccc3C[C@H]2O)cs1. The molecule has 0 aliphatic heterocycles. The van der Waals surface area contributed by atoms with Crippen LogP contribution in [0.2, 0.25) is 0 Å². The van der Waals surface area contributed by atoms with Crippen LogP contribution >= 0.6 is 11.3 Å². The number of thiazole rings is 1. The van der Waals surface area contributed by atoms with Crippen molar-refractivity contribution >= 4 is 17.4 Å². The van der Waals surface area contributed by atoms with Gasteiger partial charge >= 0.3 is 6.03 Å². The number of hydrogen-bond donors (Lipinski definition) is 3. The molecule has 6 heteroatoms. The molecule has 0 bridgehead atoms. The number of aliphatic hydroxyl groups excluding tert-OH is 1. The molecule has 122 valence electrons. The van der Waals surface area contributed by atoms with Gasteiger partial charge in [-0.15, -0.1) is 11.3 Å². The number of nitrogens with one attached hydrogen (secondary N) is 2. The summed E-state index contributed by atoms with van der Waals surface area (Å²) in [5.74, 6) is 0. The summed E-state index contributed by atoms with van der Waals surface area (Å²) in [7, 11) is 0. The normalized spacial score (nSPS) is 20.8. The number of nitrogens with zero attached hydrogens (tertiary/aromatic N) is 1. The summed E-state index contributed by atoms with van der Waals surface area (Å²) in [6, 6.07) is 7.00. The lowest BCUT2D eigenvalue weighted by Gasteiger charge is -2.20. The van der Waals surface area contributed by atoms with Crippen LogP contribution in [0.15, 0.2) is 29.6 Å². The van der Waals surface area contributed by atoms with Crippen molar-refractivity contribution in [1.29, 1.82) is 0 Å². The molecule has 0 spiro atoms. The predicted molar refractivity (Wildman–Crippen MR) is 90.5 cm³/mol. The molecule has 2 amide bonds. The average molecular weight is 331 g/mol. The standard InChI is InChI=1S/C17H21N3O2S/c1-3-15-19-13(9-23-15)10(2)18-17(22)20-16-12-7-5-4-6-11(12)8-14(16)21/h4-7,9-10,14,16,21H,3,8H2,1-2H3,(H2,18,20,22)/t10?,14-,16+/m1/s1. The second-order valence-electron chi connectivity index (χ2n) is 5.81. The van der Waals surface area contributed by atoms with E-state index in [2.05, 4.69) is 22.5 Å². The van der Waals surface area contributed by atoms with Crippen LogP contribution in [0.4, 0.5) is 4.79 Å². The highest BCUT2D eigenvalue weighted by Crippen LogP contribution is 2.31. The number of fused-ring (bicyclic) bond motifs is 1. The van der Waals surface area contributed by atoms with Gasteiger partial charge in [-0.25, -0.2) is 9.78 Å². The zero-order valence-electron chi connectivity index (χ0n) is 13.2. The van der Waals surface area contributed by atoms with Crippen LogP contribution in [0, 0.1) is 0 Å². The predicted octanol–water partition coefficient (Wildman–Crippen LogP) is 2.72. The van der Waals surface area contributed by atoms with Crippen molar-refractivity contribution < 1.29 is 9.90 Å². The quantitative estimate of drug-likeness (QED) is 0.806. The van der Waals surface area contributed by atoms with Crippen molar-refractivity contribution in [2.24, 2.45) is 0 Å². The Morgan fingerprint density at radius 1 is 1.48 bits per heavy atom. The van der Waals surface area contributed by atoms with Gasteiger partial charge in [-0.05, 0) is 24.5 Å². The summed E-state index contributed by atoms with van der Waals surface area (Å²) in [6.45, 7) is 3.97. The molecule has 1 unspecified atom stereocenters. The molecule has 5 nitrogen and oxygen atoms in total. The number of amides is 2. The molecular formula is C17H21N3O2S. The summed E-state index contributed by atoms with van der Waals surface area (Å²) in [5, 5.41) is 19.0. The zero-order valence-corrected chi connectivity index (χ0v) is 14.1. The van der Waals surface area contributed by atoms with Gasteiger partial charge in [0.2, 0.25) is 0 Å². The van der Waals surface area contributed by atoms with Gasteiger partial charge in [-0.2, -0.15) is 0 Å². The number of aliphatic hydroxyl groups is 1. The molecule has 0 saturated heterocycles. The fraction of sp³-hybridized carbons (Fsp3) is 0.412. The number of rotatable bonds is 4. The van der Waals surface area contributed by atoms with E-state index in [4.69, 9.17) is 0 Å². The minimum atomic E-state index is -0.584. The monoisotopic (exact) mass is 331 g/mol. The second kappa shape index (κ2) is 6.68. The summed E-state index contributed by atoms with van der Waals surface area (Å²) < 4.78 is 0. The molecule has 0 saturated carbocycles. The third-order valence-electron chi connectivity index (χ3n) is 4.15. The summed E-state index contributed by atoms with van der Waals surface area (Å²) >= 11 is 1.61. The largest absolute Gasteiger partial charge is 0.390 e. The van der Waals surface area contributed by atoms with Crippen molar-refractivity contribution in [1.82, 2.24) is 15.6 Å². The fourth-order valence-electron chi connectivity index (χ4n) is 2.89. The van der Waals surface area contributed by atoms with Gasteiger partial charge in [0.1, 0.15) is 0 Å². The maximum Gasteiger partial charge on any atom is 0.315 e. The van der Waals surface area contributed by atoms with E-state index in [-0.39, 0.29) is 18.1 Å². The Kier molecular flexibility index (Phi) is 4.63. The number of aryl methyl sites for hydroxylation is 1. The smallest absolute Gasteiger partial charge is 0.315 e. The van der Waals surface area contributed by atoms with E-state index >= 15 is 0 Å². The number of hydrogen-bond acceptors (Lipinski definition) is 4. The van der Waals surface area contributed by atoms with Crippen molar-refractivity contribution in [2.45, 2.75) is 44.9 Å². The molecule has 3 rings (SSSR count). The van der Waals surface area contributed by atoms with Crippen molar-refractivity contribution in [3.8, 4) is 0 Å². The molecule has 1 aromatic carbocycles. The highest BCUT2D eigenvalue weighted by molar-refractivity contribution is 7.09. The van der Waals surface area contributed by atoms with E-state index in [9.17, 15) is 9.90 Å². The lowest BCUT2D eigenvalue weighted by Crippen LogP contribution is -2.41. The van der Waals surface area contributed by atoms with E-state index in [0.717, 1.165) is 28.2 Å². The maximum absolute atomic E-state index is 12.3. The van der Waals surface area contributed by atoms with Gasteiger partial charge in [-0.3, -0.25) is 0 Å². The van der Waals surface area contributed by atoms with Gasteiger partial charge in [0.15, 0.2) is 0 Å². The van der Waals surface area contributed by atoms with Crippen molar-refractivity contribution in [3.05, 3.63) is 51.5 Å². The first kappa shape index (κ1) is 16.0. The first-order valence-electron chi connectivity index (χ1n) is 7.85. The lowest BCUT2D eigenvalue weighted by molar-refractivity contribution is 0.142. The first-order chi connectivity index (χ1) is 11.1. The van der Waals surface area contributed by atoms with Crippen LogP contribution in [0.3, 0.4) is 0 Å². The van der Waals surface area contributed by atoms with Crippen LogP contribution in [-0.2, 0) is 12.8 Å². The van der Waals surface area contributed by atoms with Gasteiger partial charge in [0, 0.05) is 11.8 Å². The Labute approximate surface area is 139 Å². The minimum Gasteiger partial charge on any atom is -0.390 e. The Morgan fingerprint density at radius 2 is 2.26 bits per heavy atom. The molecular weight excluding hydrogens is 310 g/mol. The molecule has 3 atom stereocenters. The van der Waals surface area contributed by atoms with E-state index in [0.29, 0.717) is 6.42 Å². The average Bonchev–Trinajstić information content (AvgIpc) is 3.13. The first-order valence-corrected chi connectivity index (χ1v) is 8.73. The molecule has 0 radical (unpaired) electrons. The topological polar surface area (TPSA) is 74.2 Å². The van der Waals surface area contributed by atoms with E-state index in [1.807, 2.05) is 36.6 Å². The molecule has 1 heterocycles. The Hall–Kier alpha value is -1.92. The molecule has 0 fully saturated rings. The fourth-order valence-corrected chi connectivity index (χ4v) is 3.73. The number of carbonyl (C=O) groups excluding carboxylic acids is 1. The molecule has 1 aromatic heterocycles. The van der Waals surface area contributed by atoms with Gasteiger partial charge in [0.25, 0.3) is 0 Å². The van der Waals surface area contributed by atoms with Crippen molar-refractivity contribution in [2.75, 3.05) is 0 Å². The third-order valence-corrected chi connectivity index (χ3v) is 5.17. The Balaban J connectivity index is 1.63. The van der Waals surface area contributed by atoms with Crippen LogP contribution in [0.1, 0.15) is 47.8 Å². The van der Waals surface area contributed by atoms with Crippen LogP contribution in [0.25, 0.3) is 0 Å². The van der Waals surface area contributed by atoms with E-state index in [1.165, 1.54) is 0 Å². The van der Waals surface area contributed by atoms with Gasteiger partial charge in [0.05, 0.1) is 28.9 Å². The zero-order chi connectivity index (χ0) is 16.4. The molecule has 1 aliphatic rings. The molecule has 23 heavy (non-hydrogen) atoms. The summed E-state index contributed by atoms with van der Waals surface area (Å²) in [4.78, 5) is 16.7. The van der Waals surface area contributed by atoms with Gasteiger partial charge in [-0.1, -0.05) is 31.2 Å². The van der Waals surface area contributed by atoms with Crippen LogP contribution in [-0.4, -0.2) is 22.2 Å². The second-order valence-corrected chi connectivity index (χ2v) is 6.75. The Morgan fingerprint density at radius 3 is 3.00 bits per heavy atom. The number of aromatic nitrogens is 1. The minimum absolute atomic E-state index is 0.166. The molecule has 1 aliphatic carbocycles. The van der Waals surface area contributed by atoms with E-state index in [1.54, 1.807) is 11.3 Å². The highest BCUT2D eigenvalue weighted by Gasteiger charge is 2.32. The lowest BCUT2D eigenvalue weighted by atomic mass is 10.1. The van der Waals surface area contributed by atoms with E-state index < -0.39 is 6.10 Å². The Bertz CT molecular complexity index is 701. The third kappa shape index (κ3) is 3.38. The van der Waals surface area contributed by atoms with Gasteiger partial charge < -0.3 is 15.7 Å². The summed E-state index contributed by atoms with van der Waals surface area (Å²) in [5.41, 5.74) is 2.95. The molecule has 3 N–H and O–H groups in total. The number of benzene rings is 1. The summed E-state index contributed by atoms with van der Waals surface area (Å²) in [6.07, 6.45) is 0.886. The van der Waals surface area contributed by atoms with Crippen LogP contribution in [0.5, 0.6) is 0 Å². The van der Waals surface area contributed by atoms with Crippen LogP contribution < -0.4 is 10.6 Å². The number of urea groups is 1. The molecule has 2 aromatic rings. The van der Waals surface area contributed by atoms with Crippen molar-refractivity contribution in [3.63, 3.8) is 0 Å². The number of carbonyl (C=O) groups is 1. The highest BCUT2D eigenvalue weighted by atomic mass is 32.1. The maximum atomic E-state index is 12.3.